The molecule has 0 aliphatic carbocycles. The lowest BCUT2D eigenvalue weighted by Crippen LogP contribution is -2.10. The van der Waals surface area contributed by atoms with Crippen molar-refractivity contribution in [1.82, 2.24) is 9.78 Å². The number of aromatic nitrogens is 2. The standard InChI is InChI=1S/C13H14N2OS/c1-3-15-12(8-9-14-15)13(16)10-4-6-11(17-2)7-5-10/h4-9H,3H2,1-2H3. The van der Waals surface area contributed by atoms with E-state index in [1.54, 1.807) is 28.7 Å². The number of rotatable bonds is 4. The maximum Gasteiger partial charge on any atom is 0.211 e. The summed E-state index contributed by atoms with van der Waals surface area (Å²) in [6.07, 6.45) is 3.68. The van der Waals surface area contributed by atoms with E-state index in [0.29, 0.717) is 17.8 Å². The van der Waals surface area contributed by atoms with Crippen LogP contribution in [0.25, 0.3) is 0 Å². The molecule has 2 rings (SSSR count). The Kier molecular flexibility index (Phi) is 3.64. The second kappa shape index (κ2) is 5.19. The van der Waals surface area contributed by atoms with Gasteiger partial charge >= 0.3 is 0 Å². The molecule has 0 fully saturated rings. The van der Waals surface area contributed by atoms with E-state index in [1.807, 2.05) is 37.4 Å². The van der Waals surface area contributed by atoms with Crippen molar-refractivity contribution in [2.24, 2.45) is 0 Å². The van der Waals surface area contributed by atoms with E-state index in [4.69, 9.17) is 0 Å². The van der Waals surface area contributed by atoms with E-state index < -0.39 is 0 Å². The molecule has 0 bridgehead atoms. The van der Waals surface area contributed by atoms with Gasteiger partial charge in [0.2, 0.25) is 5.78 Å². The fourth-order valence-electron chi connectivity index (χ4n) is 1.67. The Morgan fingerprint density at radius 1 is 1.29 bits per heavy atom. The van der Waals surface area contributed by atoms with Gasteiger partial charge in [-0.15, -0.1) is 11.8 Å². The number of hydrogen-bond donors (Lipinski definition) is 0. The minimum Gasteiger partial charge on any atom is -0.287 e. The Labute approximate surface area is 105 Å². The van der Waals surface area contributed by atoms with Gasteiger partial charge in [-0.05, 0) is 43.5 Å². The zero-order valence-electron chi connectivity index (χ0n) is 9.88. The molecule has 0 N–H and O–H groups in total. The zero-order valence-corrected chi connectivity index (χ0v) is 10.7. The number of nitrogens with zero attached hydrogens (tertiary/aromatic N) is 2. The number of aryl methyl sites for hydroxylation is 1. The Balaban J connectivity index is 2.30. The molecule has 0 amide bonds. The van der Waals surface area contributed by atoms with E-state index in [2.05, 4.69) is 5.10 Å². The lowest BCUT2D eigenvalue weighted by Gasteiger charge is -2.04. The smallest absolute Gasteiger partial charge is 0.211 e. The van der Waals surface area contributed by atoms with Crippen LogP contribution >= 0.6 is 11.8 Å². The molecule has 1 aromatic carbocycles. The first kappa shape index (κ1) is 11.9. The number of carbonyl (C=O) groups excluding carboxylic acids is 1. The molecule has 1 heterocycles. The van der Waals surface area contributed by atoms with Gasteiger partial charge in [0.1, 0.15) is 5.69 Å². The quantitative estimate of drug-likeness (QED) is 0.614. The van der Waals surface area contributed by atoms with E-state index in [9.17, 15) is 4.79 Å². The zero-order chi connectivity index (χ0) is 12.3. The summed E-state index contributed by atoms with van der Waals surface area (Å²) < 4.78 is 1.71. The van der Waals surface area contributed by atoms with Crippen LogP contribution in [0.15, 0.2) is 41.4 Å². The molecule has 2 aromatic rings. The molecule has 0 aliphatic heterocycles. The highest BCUT2D eigenvalue weighted by atomic mass is 32.2. The topological polar surface area (TPSA) is 34.9 Å². The molecule has 4 heteroatoms. The minimum atomic E-state index is 0.0250. The molecule has 0 atom stereocenters. The molecule has 17 heavy (non-hydrogen) atoms. The Hall–Kier alpha value is -1.55. The van der Waals surface area contributed by atoms with Gasteiger partial charge < -0.3 is 0 Å². The molecule has 0 unspecified atom stereocenters. The third kappa shape index (κ3) is 2.42. The van der Waals surface area contributed by atoms with Gasteiger partial charge in [-0.25, -0.2) is 0 Å². The third-order valence-corrected chi connectivity index (χ3v) is 3.34. The molecule has 1 aromatic heterocycles. The van der Waals surface area contributed by atoms with Crippen molar-refractivity contribution in [1.29, 1.82) is 0 Å². The Bertz CT molecular complexity index is 516. The summed E-state index contributed by atoms with van der Waals surface area (Å²) >= 11 is 1.67. The maximum atomic E-state index is 12.2. The summed E-state index contributed by atoms with van der Waals surface area (Å²) in [6.45, 7) is 2.68. The number of benzene rings is 1. The summed E-state index contributed by atoms with van der Waals surface area (Å²) in [5.74, 6) is 0.0250. The Morgan fingerprint density at radius 2 is 2.00 bits per heavy atom. The van der Waals surface area contributed by atoms with Crippen molar-refractivity contribution in [2.75, 3.05) is 6.26 Å². The van der Waals surface area contributed by atoms with Crippen molar-refractivity contribution in [3.63, 3.8) is 0 Å². The van der Waals surface area contributed by atoms with E-state index in [0.717, 1.165) is 4.90 Å². The fraction of sp³-hybridized carbons (Fsp3) is 0.231. The fourth-order valence-corrected chi connectivity index (χ4v) is 2.08. The summed E-state index contributed by atoms with van der Waals surface area (Å²) in [5.41, 5.74) is 1.35. The maximum absolute atomic E-state index is 12.2. The van der Waals surface area contributed by atoms with Crippen LogP contribution in [0.3, 0.4) is 0 Å². The average molecular weight is 246 g/mol. The van der Waals surface area contributed by atoms with Crippen LogP contribution in [0.4, 0.5) is 0 Å². The lowest BCUT2D eigenvalue weighted by molar-refractivity contribution is 0.102. The highest BCUT2D eigenvalue weighted by Gasteiger charge is 2.13. The van der Waals surface area contributed by atoms with E-state index in [-0.39, 0.29) is 5.78 Å². The monoisotopic (exact) mass is 246 g/mol. The van der Waals surface area contributed by atoms with Gasteiger partial charge in [0.05, 0.1) is 0 Å². The van der Waals surface area contributed by atoms with Crippen LogP contribution in [0.1, 0.15) is 23.0 Å². The highest BCUT2D eigenvalue weighted by molar-refractivity contribution is 7.98. The number of ketones is 1. The molecule has 3 nitrogen and oxygen atoms in total. The van der Waals surface area contributed by atoms with E-state index >= 15 is 0 Å². The normalized spacial score (nSPS) is 10.5. The molecule has 0 spiro atoms. The number of thioether (sulfide) groups is 1. The van der Waals surface area contributed by atoms with Crippen molar-refractivity contribution < 1.29 is 4.79 Å². The first-order valence-corrected chi connectivity index (χ1v) is 6.69. The van der Waals surface area contributed by atoms with Gasteiger partial charge in [0, 0.05) is 23.2 Å². The molecular weight excluding hydrogens is 232 g/mol. The van der Waals surface area contributed by atoms with Crippen LogP contribution in [-0.4, -0.2) is 21.8 Å². The van der Waals surface area contributed by atoms with Crippen molar-refractivity contribution >= 4 is 17.5 Å². The highest BCUT2D eigenvalue weighted by Crippen LogP contribution is 2.17. The van der Waals surface area contributed by atoms with Gasteiger partial charge in [-0.3, -0.25) is 9.48 Å². The van der Waals surface area contributed by atoms with Crippen LogP contribution < -0.4 is 0 Å². The minimum absolute atomic E-state index is 0.0250. The van der Waals surface area contributed by atoms with Crippen LogP contribution in [-0.2, 0) is 6.54 Å². The first-order chi connectivity index (χ1) is 8.26. The van der Waals surface area contributed by atoms with Gasteiger partial charge in [0.25, 0.3) is 0 Å². The molecular formula is C13H14N2OS. The van der Waals surface area contributed by atoms with Crippen molar-refractivity contribution in [3.8, 4) is 0 Å². The summed E-state index contributed by atoms with van der Waals surface area (Å²) in [4.78, 5) is 13.4. The Morgan fingerprint density at radius 3 is 2.59 bits per heavy atom. The predicted molar refractivity (Wildman–Crippen MR) is 69.6 cm³/mol. The molecule has 0 aliphatic rings. The van der Waals surface area contributed by atoms with Crippen molar-refractivity contribution in [3.05, 3.63) is 47.8 Å². The van der Waals surface area contributed by atoms with Gasteiger partial charge in [-0.1, -0.05) is 0 Å². The van der Waals surface area contributed by atoms with Gasteiger partial charge in [-0.2, -0.15) is 5.10 Å². The summed E-state index contributed by atoms with van der Waals surface area (Å²) in [5, 5.41) is 4.11. The number of hydrogen-bond acceptors (Lipinski definition) is 3. The molecule has 88 valence electrons. The number of carbonyl (C=O) groups is 1. The van der Waals surface area contributed by atoms with Gasteiger partial charge in [0.15, 0.2) is 0 Å². The van der Waals surface area contributed by atoms with Crippen LogP contribution in [0, 0.1) is 0 Å². The molecule has 0 saturated carbocycles. The third-order valence-electron chi connectivity index (χ3n) is 2.60. The van der Waals surface area contributed by atoms with Crippen LogP contribution in [0.2, 0.25) is 0 Å². The summed E-state index contributed by atoms with van der Waals surface area (Å²) in [6, 6.07) is 9.41. The lowest BCUT2D eigenvalue weighted by atomic mass is 10.1. The second-order valence-corrected chi connectivity index (χ2v) is 4.47. The first-order valence-electron chi connectivity index (χ1n) is 5.47. The summed E-state index contributed by atoms with van der Waals surface area (Å²) in [7, 11) is 0. The predicted octanol–water partition coefficient (Wildman–Crippen LogP) is 2.86. The van der Waals surface area contributed by atoms with Crippen LogP contribution in [0.5, 0.6) is 0 Å². The van der Waals surface area contributed by atoms with Crippen molar-refractivity contribution in [2.45, 2.75) is 18.4 Å². The second-order valence-electron chi connectivity index (χ2n) is 3.59. The average Bonchev–Trinajstić information content (AvgIpc) is 2.86. The SMILES string of the molecule is CCn1nccc1C(=O)c1ccc(SC)cc1. The molecule has 0 radical (unpaired) electrons. The molecule has 0 saturated heterocycles. The van der Waals surface area contributed by atoms with E-state index in [1.165, 1.54) is 0 Å². The largest absolute Gasteiger partial charge is 0.287 e.